The number of benzene rings is 2. The monoisotopic (exact) mass is 326 g/mol. The van der Waals surface area contributed by atoms with Gasteiger partial charge in [0.05, 0.1) is 0 Å². The molecule has 0 heterocycles. The molecule has 4 nitrogen and oxygen atoms in total. The summed E-state index contributed by atoms with van der Waals surface area (Å²) in [4.78, 5) is 14.1. The van der Waals surface area contributed by atoms with Crippen molar-refractivity contribution >= 4 is 5.91 Å². The largest absolute Gasteiger partial charge is 0.508 e. The lowest BCUT2D eigenvalue weighted by molar-refractivity contribution is -0.121. The van der Waals surface area contributed by atoms with Crippen molar-refractivity contribution in [3.63, 3.8) is 0 Å². The smallest absolute Gasteiger partial charge is 0.220 e. The van der Waals surface area contributed by atoms with E-state index in [-0.39, 0.29) is 11.7 Å². The number of phenols is 1. The zero-order valence-electron chi connectivity index (χ0n) is 14.2. The summed E-state index contributed by atoms with van der Waals surface area (Å²) in [6, 6.07) is 17.5. The Morgan fingerprint density at radius 1 is 1.08 bits per heavy atom. The number of aryl methyl sites for hydroxylation is 1. The molecular weight excluding hydrogens is 300 g/mol. The molecule has 0 unspecified atom stereocenters. The normalized spacial score (nSPS) is 10.8. The summed E-state index contributed by atoms with van der Waals surface area (Å²) < 4.78 is 0. The third-order valence-electron chi connectivity index (χ3n) is 3.95. The van der Waals surface area contributed by atoms with Crippen LogP contribution in [0.5, 0.6) is 5.75 Å². The summed E-state index contributed by atoms with van der Waals surface area (Å²) in [6.45, 7) is 2.54. The SMILES string of the molecule is CN(CCCNC(=O)CCc1ccccc1O)Cc1ccccc1. The third kappa shape index (κ3) is 6.42. The second-order valence-corrected chi connectivity index (χ2v) is 6.06. The topological polar surface area (TPSA) is 52.6 Å². The van der Waals surface area contributed by atoms with Gasteiger partial charge in [-0.2, -0.15) is 0 Å². The highest BCUT2D eigenvalue weighted by atomic mass is 16.3. The Kier molecular flexibility index (Phi) is 7.30. The van der Waals surface area contributed by atoms with Gasteiger partial charge in [-0.3, -0.25) is 4.79 Å². The fraction of sp³-hybridized carbons (Fsp3) is 0.350. The lowest BCUT2D eigenvalue weighted by Gasteiger charge is -2.16. The highest BCUT2D eigenvalue weighted by molar-refractivity contribution is 5.76. The molecule has 2 rings (SSSR count). The molecule has 0 aromatic heterocycles. The van der Waals surface area contributed by atoms with Gasteiger partial charge >= 0.3 is 0 Å². The first kappa shape index (κ1) is 18.0. The van der Waals surface area contributed by atoms with Crippen LogP contribution in [0.4, 0.5) is 0 Å². The maximum Gasteiger partial charge on any atom is 0.220 e. The average molecular weight is 326 g/mol. The summed E-state index contributed by atoms with van der Waals surface area (Å²) in [5.74, 6) is 0.289. The molecule has 4 heteroatoms. The molecule has 0 saturated heterocycles. The lowest BCUT2D eigenvalue weighted by atomic mass is 10.1. The Balaban J connectivity index is 1.58. The van der Waals surface area contributed by atoms with Gasteiger partial charge in [-0.25, -0.2) is 0 Å². The number of aromatic hydroxyl groups is 1. The van der Waals surface area contributed by atoms with Gasteiger partial charge in [0, 0.05) is 19.5 Å². The Labute approximate surface area is 144 Å². The summed E-state index contributed by atoms with van der Waals surface area (Å²) in [5.41, 5.74) is 2.11. The molecule has 2 N–H and O–H groups in total. The number of amides is 1. The van der Waals surface area contributed by atoms with Crippen LogP contribution in [0.1, 0.15) is 24.0 Å². The maximum atomic E-state index is 11.9. The number of para-hydroxylation sites is 1. The van der Waals surface area contributed by atoms with Gasteiger partial charge < -0.3 is 15.3 Å². The summed E-state index contributed by atoms with van der Waals surface area (Å²) in [6.07, 6.45) is 1.88. The Hall–Kier alpha value is -2.33. The van der Waals surface area contributed by atoms with Crippen molar-refractivity contribution in [3.8, 4) is 5.75 Å². The van der Waals surface area contributed by atoms with Gasteiger partial charge in [-0.05, 0) is 43.6 Å². The van der Waals surface area contributed by atoms with Gasteiger partial charge in [0.1, 0.15) is 5.75 Å². The van der Waals surface area contributed by atoms with Crippen LogP contribution in [0, 0.1) is 0 Å². The third-order valence-corrected chi connectivity index (χ3v) is 3.95. The van der Waals surface area contributed by atoms with E-state index in [1.165, 1.54) is 5.56 Å². The zero-order chi connectivity index (χ0) is 17.2. The predicted molar refractivity (Wildman–Crippen MR) is 96.8 cm³/mol. The van der Waals surface area contributed by atoms with Crippen molar-refractivity contribution in [3.05, 3.63) is 65.7 Å². The van der Waals surface area contributed by atoms with Gasteiger partial charge in [0.2, 0.25) is 5.91 Å². The van der Waals surface area contributed by atoms with Crippen molar-refractivity contribution in [1.29, 1.82) is 0 Å². The van der Waals surface area contributed by atoms with Crippen LogP contribution in [0.2, 0.25) is 0 Å². The van der Waals surface area contributed by atoms with Crippen molar-refractivity contribution in [1.82, 2.24) is 10.2 Å². The quantitative estimate of drug-likeness (QED) is 0.697. The minimum Gasteiger partial charge on any atom is -0.508 e. The molecule has 2 aromatic rings. The van der Waals surface area contributed by atoms with Crippen LogP contribution in [0.15, 0.2) is 54.6 Å². The van der Waals surface area contributed by atoms with Gasteiger partial charge in [0.15, 0.2) is 0 Å². The molecule has 2 aromatic carbocycles. The number of nitrogens with zero attached hydrogens (tertiary/aromatic N) is 1. The first-order valence-corrected chi connectivity index (χ1v) is 8.41. The summed E-state index contributed by atoms with van der Waals surface area (Å²) >= 11 is 0. The standard InChI is InChI=1S/C20H26N2O2/c1-22(16-17-8-3-2-4-9-17)15-7-14-21-20(24)13-12-18-10-5-6-11-19(18)23/h2-6,8-11,23H,7,12-16H2,1H3,(H,21,24). The van der Waals surface area contributed by atoms with Gasteiger partial charge in [-0.1, -0.05) is 48.5 Å². The molecule has 0 atom stereocenters. The highest BCUT2D eigenvalue weighted by Gasteiger charge is 2.05. The lowest BCUT2D eigenvalue weighted by Crippen LogP contribution is -2.28. The fourth-order valence-corrected chi connectivity index (χ4v) is 2.61. The second-order valence-electron chi connectivity index (χ2n) is 6.06. The molecular formula is C20H26N2O2. The van der Waals surface area contributed by atoms with E-state index in [4.69, 9.17) is 0 Å². The van der Waals surface area contributed by atoms with Gasteiger partial charge in [0.25, 0.3) is 0 Å². The van der Waals surface area contributed by atoms with Crippen LogP contribution in [-0.2, 0) is 17.8 Å². The highest BCUT2D eigenvalue weighted by Crippen LogP contribution is 2.16. The van der Waals surface area contributed by atoms with E-state index in [1.54, 1.807) is 12.1 Å². The predicted octanol–water partition coefficient (Wildman–Crippen LogP) is 2.96. The van der Waals surface area contributed by atoms with Gasteiger partial charge in [-0.15, -0.1) is 0 Å². The van der Waals surface area contributed by atoms with Crippen molar-refractivity contribution in [2.75, 3.05) is 20.1 Å². The molecule has 1 amide bonds. The van der Waals surface area contributed by atoms with E-state index in [2.05, 4.69) is 29.4 Å². The number of rotatable bonds is 9. The molecule has 0 bridgehead atoms. The molecule has 0 aliphatic carbocycles. The molecule has 0 aliphatic heterocycles. The number of carbonyl (C=O) groups excluding carboxylic acids is 1. The molecule has 0 aliphatic rings. The minimum atomic E-state index is 0.0314. The Morgan fingerprint density at radius 3 is 2.54 bits per heavy atom. The van der Waals surface area contributed by atoms with Crippen LogP contribution >= 0.6 is 0 Å². The Morgan fingerprint density at radius 2 is 1.79 bits per heavy atom. The number of hydrogen-bond acceptors (Lipinski definition) is 3. The summed E-state index contributed by atoms with van der Waals surface area (Å²) in [7, 11) is 2.09. The average Bonchev–Trinajstić information content (AvgIpc) is 2.59. The number of nitrogens with one attached hydrogen (secondary N) is 1. The van der Waals surface area contributed by atoms with E-state index in [0.717, 1.165) is 25.1 Å². The number of carbonyl (C=O) groups is 1. The zero-order valence-corrected chi connectivity index (χ0v) is 14.2. The van der Waals surface area contributed by atoms with Crippen LogP contribution in [0.25, 0.3) is 0 Å². The Bertz CT molecular complexity index is 629. The number of hydrogen-bond donors (Lipinski definition) is 2. The van der Waals surface area contributed by atoms with Crippen LogP contribution in [-0.4, -0.2) is 36.1 Å². The number of phenolic OH excluding ortho intramolecular Hbond substituents is 1. The minimum absolute atomic E-state index is 0.0314. The summed E-state index contributed by atoms with van der Waals surface area (Å²) in [5, 5.41) is 12.6. The molecule has 24 heavy (non-hydrogen) atoms. The van der Waals surface area contributed by atoms with Crippen molar-refractivity contribution in [2.45, 2.75) is 25.8 Å². The van der Waals surface area contributed by atoms with Crippen molar-refractivity contribution in [2.24, 2.45) is 0 Å². The van der Waals surface area contributed by atoms with Crippen LogP contribution < -0.4 is 5.32 Å². The van der Waals surface area contributed by atoms with E-state index >= 15 is 0 Å². The molecule has 128 valence electrons. The van der Waals surface area contributed by atoms with E-state index in [0.29, 0.717) is 19.4 Å². The molecule has 0 spiro atoms. The fourth-order valence-electron chi connectivity index (χ4n) is 2.61. The van der Waals surface area contributed by atoms with Crippen molar-refractivity contribution < 1.29 is 9.90 Å². The molecule has 0 radical (unpaired) electrons. The first-order valence-electron chi connectivity index (χ1n) is 8.41. The second kappa shape index (κ2) is 9.73. The maximum absolute atomic E-state index is 11.9. The molecule has 0 saturated carbocycles. The van der Waals surface area contributed by atoms with E-state index in [1.807, 2.05) is 30.3 Å². The first-order chi connectivity index (χ1) is 11.6. The van der Waals surface area contributed by atoms with E-state index in [9.17, 15) is 9.90 Å². The van der Waals surface area contributed by atoms with E-state index < -0.39 is 0 Å². The molecule has 0 fully saturated rings. The van der Waals surface area contributed by atoms with Crippen LogP contribution in [0.3, 0.4) is 0 Å².